The molecule has 1 amide bonds. The zero-order chi connectivity index (χ0) is 23.4. The number of hydrogen-bond donors (Lipinski definition) is 0. The predicted octanol–water partition coefficient (Wildman–Crippen LogP) is 4.73. The van der Waals surface area contributed by atoms with Crippen LogP contribution in [-0.2, 0) is 6.42 Å². The molecule has 2 aromatic heterocycles. The first-order valence-corrected chi connectivity index (χ1v) is 10.7. The summed E-state index contributed by atoms with van der Waals surface area (Å²) in [5.74, 6) is 0.850. The van der Waals surface area contributed by atoms with Gasteiger partial charge in [-0.3, -0.25) is 4.79 Å². The molecule has 33 heavy (non-hydrogen) atoms. The molecular weight excluding hydrogens is 421 g/mol. The van der Waals surface area contributed by atoms with Crippen molar-refractivity contribution in [2.24, 2.45) is 0 Å². The Morgan fingerprint density at radius 1 is 1.12 bits per heavy atom. The van der Waals surface area contributed by atoms with Crippen LogP contribution >= 0.6 is 0 Å². The molecule has 0 saturated heterocycles. The minimum atomic E-state index is -0.333. The van der Waals surface area contributed by atoms with Crippen molar-refractivity contribution < 1.29 is 13.7 Å². The normalized spacial score (nSPS) is 11.9. The van der Waals surface area contributed by atoms with Crippen LogP contribution in [0.25, 0.3) is 22.8 Å². The molecule has 0 aliphatic carbocycles. The summed E-state index contributed by atoms with van der Waals surface area (Å²) in [6.45, 7) is 6.33. The van der Waals surface area contributed by atoms with Crippen molar-refractivity contribution in [2.75, 3.05) is 6.54 Å². The summed E-state index contributed by atoms with van der Waals surface area (Å²) >= 11 is 0. The molecule has 4 rings (SSSR count). The van der Waals surface area contributed by atoms with Gasteiger partial charge in [-0.05, 0) is 57.2 Å². The number of aromatic nitrogens is 4. The monoisotopic (exact) mass is 445 g/mol. The lowest BCUT2D eigenvalue weighted by Gasteiger charge is -2.28. The highest BCUT2D eigenvalue weighted by molar-refractivity contribution is 6.00. The van der Waals surface area contributed by atoms with Crippen molar-refractivity contribution in [1.82, 2.24) is 25.0 Å². The van der Waals surface area contributed by atoms with E-state index in [4.69, 9.17) is 4.52 Å². The Labute approximate surface area is 191 Å². The van der Waals surface area contributed by atoms with Gasteiger partial charge in [-0.25, -0.2) is 14.4 Å². The van der Waals surface area contributed by atoms with Gasteiger partial charge in [0.1, 0.15) is 5.82 Å². The van der Waals surface area contributed by atoms with Crippen LogP contribution in [-0.4, -0.2) is 43.5 Å². The third-order valence-electron chi connectivity index (χ3n) is 5.38. The topological polar surface area (TPSA) is 85.0 Å². The van der Waals surface area contributed by atoms with Crippen LogP contribution in [0.15, 0.2) is 65.4 Å². The molecular formula is C25H24FN5O2. The van der Waals surface area contributed by atoms with Gasteiger partial charge >= 0.3 is 0 Å². The van der Waals surface area contributed by atoms with Crippen molar-refractivity contribution in [3.63, 3.8) is 0 Å². The minimum absolute atomic E-state index is 0.113. The van der Waals surface area contributed by atoms with E-state index in [9.17, 15) is 9.18 Å². The highest BCUT2D eigenvalue weighted by Gasteiger charge is 2.25. The van der Waals surface area contributed by atoms with E-state index >= 15 is 0 Å². The lowest BCUT2D eigenvalue weighted by Crippen LogP contribution is -2.40. The number of halogens is 1. The van der Waals surface area contributed by atoms with Crippen molar-refractivity contribution in [2.45, 2.75) is 33.2 Å². The number of likely N-dealkylation sites (N-methyl/N-ethyl adjacent to an activating group) is 1. The van der Waals surface area contributed by atoms with Gasteiger partial charge in [0.05, 0.1) is 5.56 Å². The first kappa shape index (κ1) is 22.3. The van der Waals surface area contributed by atoms with Crippen LogP contribution in [0.1, 0.15) is 35.6 Å². The van der Waals surface area contributed by atoms with E-state index < -0.39 is 0 Å². The lowest BCUT2D eigenvalue weighted by molar-refractivity contribution is 0.0702. The highest BCUT2D eigenvalue weighted by Crippen LogP contribution is 2.24. The van der Waals surface area contributed by atoms with Crippen molar-refractivity contribution >= 4 is 5.91 Å². The highest BCUT2D eigenvalue weighted by atomic mass is 19.1. The Bertz CT molecular complexity index is 1240. The second kappa shape index (κ2) is 9.68. The van der Waals surface area contributed by atoms with Gasteiger partial charge in [0, 0.05) is 42.5 Å². The molecule has 1 atom stereocenters. The molecule has 0 saturated carbocycles. The number of nitrogens with zero attached hydrogens (tertiary/aromatic N) is 5. The van der Waals surface area contributed by atoms with Crippen LogP contribution in [0.4, 0.5) is 4.39 Å². The third-order valence-corrected chi connectivity index (χ3v) is 5.38. The maximum absolute atomic E-state index is 13.6. The number of aryl methyl sites for hydroxylation is 1. The summed E-state index contributed by atoms with van der Waals surface area (Å²) in [5, 5.41) is 4.05. The second-order valence-corrected chi connectivity index (χ2v) is 7.79. The number of benzene rings is 2. The molecule has 168 valence electrons. The zero-order valence-electron chi connectivity index (χ0n) is 18.7. The van der Waals surface area contributed by atoms with Crippen LogP contribution < -0.4 is 0 Å². The van der Waals surface area contributed by atoms with Crippen molar-refractivity contribution in [3.05, 3.63) is 83.7 Å². The predicted molar refractivity (Wildman–Crippen MR) is 122 cm³/mol. The number of carbonyl (C=O) groups is 1. The molecule has 0 aliphatic rings. The molecule has 0 radical (unpaired) electrons. The fourth-order valence-electron chi connectivity index (χ4n) is 3.70. The van der Waals surface area contributed by atoms with Gasteiger partial charge in [0.25, 0.3) is 11.8 Å². The first-order valence-electron chi connectivity index (χ1n) is 10.7. The van der Waals surface area contributed by atoms with Gasteiger partial charge in [-0.15, -0.1) is 0 Å². The largest absolute Gasteiger partial charge is 0.336 e. The number of carbonyl (C=O) groups excluding carboxylic acids is 1. The van der Waals surface area contributed by atoms with E-state index in [2.05, 4.69) is 20.1 Å². The van der Waals surface area contributed by atoms with E-state index in [-0.39, 0.29) is 17.8 Å². The van der Waals surface area contributed by atoms with E-state index in [0.29, 0.717) is 47.2 Å². The third kappa shape index (κ3) is 4.95. The smallest absolute Gasteiger partial charge is 0.257 e. The summed E-state index contributed by atoms with van der Waals surface area (Å²) in [6, 6.07) is 13.1. The zero-order valence-corrected chi connectivity index (χ0v) is 18.7. The van der Waals surface area contributed by atoms with Crippen molar-refractivity contribution in [3.8, 4) is 22.8 Å². The Morgan fingerprint density at radius 3 is 2.55 bits per heavy atom. The SMILES string of the molecule is CCN(C(=O)c1cc(C)ccc1-c1ncccn1)[C@@H](C)Cc1noc(-c2ccc(F)cc2)n1. The number of rotatable bonds is 7. The summed E-state index contributed by atoms with van der Waals surface area (Å²) in [6.07, 6.45) is 3.73. The maximum Gasteiger partial charge on any atom is 0.257 e. The molecule has 2 aromatic carbocycles. The van der Waals surface area contributed by atoms with Crippen molar-refractivity contribution in [1.29, 1.82) is 0 Å². The van der Waals surface area contributed by atoms with E-state index in [1.54, 1.807) is 35.5 Å². The first-order chi connectivity index (χ1) is 16.0. The molecule has 0 N–H and O–H groups in total. The molecule has 7 nitrogen and oxygen atoms in total. The van der Waals surface area contributed by atoms with Gasteiger partial charge in [0.2, 0.25) is 0 Å². The Hall–Kier alpha value is -3.94. The van der Waals surface area contributed by atoms with Crippen LogP contribution in [0.3, 0.4) is 0 Å². The standard InChI is InChI=1S/C25H24FN5O2/c1-4-31(17(3)15-22-29-24(33-30-22)18-7-9-19(26)10-8-18)25(32)21-14-16(2)6-11-20(21)23-27-12-5-13-28-23/h5-14,17H,4,15H2,1-3H3/t17-/m0/s1. The minimum Gasteiger partial charge on any atom is -0.336 e. The second-order valence-electron chi connectivity index (χ2n) is 7.79. The molecule has 0 unspecified atom stereocenters. The lowest BCUT2D eigenvalue weighted by atomic mass is 10.0. The Balaban J connectivity index is 1.56. The fourth-order valence-corrected chi connectivity index (χ4v) is 3.70. The molecule has 0 bridgehead atoms. The van der Waals surface area contributed by atoms with E-state index in [1.807, 2.05) is 39.0 Å². The summed E-state index contributed by atoms with van der Waals surface area (Å²) < 4.78 is 18.5. The van der Waals surface area contributed by atoms with Crippen LogP contribution in [0.2, 0.25) is 0 Å². The summed E-state index contributed by atoms with van der Waals surface area (Å²) in [5.41, 5.74) is 2.85. The van der Waals surface area contributed by atoms with E-state index in [1.165, 1.54) is 12.1 Å². The van der Waals surface area contributed by atoms with Gasteiger partial charge in [-0.2, -0.15) is 4.98 Å². The van der Waals surface area contributed by atoms with Gasteiger partial charge in [-0.1, -0.05) is 22.9 Å². The number of hydrogen-bond acceptors (Lipinski definition) is 6. The summed E-state index contributed by atoms with van der Waals surface area (Å²) in [7, 11) is 0. The molecule has 0 fully saturated rings. The number of amides is 1. The average Bonchev–Trinajstić information content (AvgIpc) is 3.28. The fraction of sp³-hybridized carbons (Fsp3) is 0.240. The molecule has 4 aromatic rings. The van der Waals surface area contributed by atoms with Gasteiger partial charge in [0.15, 0.2) is 11.6 Å². The Morgan fingerprint density at radius 2 is 1.85 bits per heavy atom. The molecule has 0 aliphatic heterocycles. The van der Waals surface area contributed by atoms with E-state index in [0.717, 1.165) is 5.56 Å². The molecule has 8 heteroatoms. The van der Waals surface area contributed by atoms with Crippen LogP contribution in [0, 0.1) is 12.7 Å². The molecule has 0 spiro atoms. The molecule has 2 heterocycles. The van der Waals surface area contributed by atoms with Crippen LogP contribution in [0.5, 0.6) is 0 Å². The van der Waals surface area contributed by atoms with Gasteiger partial charge < -0.3 is 9.42 Å². The quantitative estimate of drug-likeness (QED) is 0.409. The maximum atomic E-state index is 13.6. The summed E-state index contributed by atoms with van der Waals surface area (Å²) in [4.78, 5) is 28.4. The average molecular weight is 445 g/mol. The Kier molecular flexibility index (Phi) is 6.53.